The molecule has 0 aliphatic rings. The summed E-state index contributed by atoms with van der Waals surface area (Å²) in [6, 6.07) is 6.00. The Morgan fingerprint density at radius 2 is 2.05 bits per heavy atom. The van der Waals surface area contributed by atoms with E-state index in [4.69, 9.17) is 16.3 Å². The molecule has 2 aromatic rings. The highest BCUT2D eigenvalue weighted by molar-refractivity contribution is 6.20. The van der Waals surface area contributed by atoms with Crippen molar-refractivity contribution in [2.45, 2.75) is 46.0 Å². The molecule has 2 rings (SSSR count). The molecule has 1 heterocycles. The Morgan fingerprint density at radius 3 is 2.60 bits per heavy atom. The standard InChI is InChI=1S/C16H23ClN2O/c1-11(17)15-18-13-10-12(20-5)6-7-14(13)19(15)9-8-16(2,3)4/h6-7,10-11H,8-9H2,1-5H3. The van der Waals surface area contributed by atoms with Gasteiger partial charge < -0.3 is 9.30 Å². The predicted molar refractivity (Wildman–Crippen MR) is 84.6 cm³/mol. The summed E-state index contributed by atoms with van der Waals surface area (Å²) in [6.45, 7) is 9.64. The number of fused-ring (bicyclic) bond motifs is 1. The fraction of sp³-hybridized carbons (Fsp3) is 0.562. The first-order chi connectivity index (χ1) is 9.31. The lowest BCUT2D eigenvalue weighted by atomic mass is 9.92. The van der Waals surface area contributed by atoms with Crippen molar-refractivity contribution in [3.63, 3.8) is 0 Å². The van der Waals surface area contributed by atoms with Gasteiger partial charge >= 0.3 is 0 Å². The molecule has 0 amide bonds. The highest BCUT2D eigenvalue weighted by atomic mass is 35.5. The molecule has 1 aromatic carbocycles. The van der Waals surface area contributed by atoms with Crippen molar-refractivity contribution >= 4 is 22.6 Å². The lowest BCUT2D eigenvalue weighted by Crippen LogP contribution is -2.12. The van der Waals surface area contributed by atoms with Crippen LogP contribution in [0.25, 0.3) is 11.0 Å². The van der Waals surface area contributed by atoms with Gasteiger partial charge in [-0.05, 0) is 30.9 Å². The van der Waals surface area contributed by atoms with Crippen LogP contribution in [0.15, 0.2) is 18.2 Å². The van der Waals surface area contributed by atoms with Crippen molar-refractivity contribution in [3.8, 4) is 5.75 Å². The van der Waals surface area contributed by atoms with Gasteiger partial charge in [0.15, 0.2) is 0 Å². The molecule has 0 aliphatic heterocycles. The average molecular weight is 295 g/mol. The van der Waals surface area contributed by atoms with Crippen LogP contribution in [-0.2, 0) is 6.54 Å². The Bertz CT molecular complexity index is 596. The van der Waals surface area contributed by atoms with E-state index in [1.165, 1.54) is 0 Å². The third kappa shape index (κ3) is 3.26. The number of ether oxygens (including phenoxy) is 1. The molecule has 0 bridgehead atoms. The molecule has 0 fully saturated rings. The zero-order chi connectivity index (χ0) is 14.9. The van der Waals surface area contributed by atoms with Crippen molar-refractivity contribution in [1.82, 2.24) is 9.55 Å². The topological polar surface area (TPSA) is 27.1 Å². The normalized spacial score (nSPS) is 13.7. The second-order valence-corrected chi connectivity index (χ2v) is 7.06. The highest BCUT2D eigenvalue weighted by Gasteiger charge is 2.18. The number of aryl methyl sites for hydroxylation is 1. The maximum absolute atomic E-state index is 6.29. The molecule has 0 N–H and O–H groups in total. The summed E-state index contributed by atoms with van der Waals surface area (Å²) in [6.07, 6.45) is 1.08. The number of methoxy groups -OCH3 is 1. The van der Waals surface area contributed by atoms with E-state index in [1.54, 1.807) is 7.11 Å². The summed E-state index contributed by atoms with van der Waals surface area (Å²) in [7, 11) is 1.67. The first-order valence-corrected chi connectivity index (χ1v) is 7.44. The second-order valence-electron chi connectivity index (χ2n) is 6.40. The van der Waals surface area contributed by atoms with E-state index in [0.29, 0.717) is 0 Å². The van der Waals surface area contributed by atoms with Gasteiger partial charge in [-0.1, -0.05) is 20.8 Å². The molecule has 0 spiro atoms. The van der Waals surface area contributed by atoms with Gasteiger partial charge in [-0.3, -0.25) is 0 Å². The van der Waals surface area contributed by atoms with Crippen molar-refractivity contribution < 1.29 is 4.74 Å². The molecule has 110 valence electrons. The first kappa shape index (κ1) is 15.2. The molecule has 20 heavy (non-hydrogen) atoms. The third-order valence-corrected chi connectivity index (χ3v) is 3.62. The van der Waals surface area contributed by atoms with Crippen molar-refractivity contribution in [2.75, 3.05) is 7.11 Å². The zero-order valence-corrected chi connectivity index (χ0v) is 13.7. The van der Waals surface area contributed by atoms with E-state index < -0.39 is 0 Å². The van der Waals surface area contributed by atoms with Crippen LogP contribution in [0.5, 0.6) is 5.75 Å². The number of benzene rings is 1. The Balaban J connectivity index is 2.46. The number of alkyl halides is 1. The third-order valence-electron chi connectivity index (χ3n) is 3.43. The van der Waals surface area contributed by atoms with Crippen LogP contribution in [0.1, 0.15) is 45.3 Å². The molecule has 1 unspecified atom stereocenters. The van der Waals surface area contributed by atoms with Gasteiger partial charge in [0.05, 0.1) is 23.5 Å². The van der Waals surface area contributed by atoms with E-state index in [0.717, 1.165) is 35.6 Å². The minimum absolute atomic E-state index is 0.103. The smallest absolute Gasteiger partial charge is 0.127 e. The van der Waals surface area contributed by atoms with Gasteiger partial charge in [-0.15, -0.1) is 11.6 Å². The molecule has 0 saturated carbocycles. The van der Waals surface area contributed by atoms with Crippen molar-refractivity contribution in [1.29, 1.82) is 0 Å². The molecule has 1 atom stereocenters. The minimum Gasteiger partial charge on any atom is -0.497 e. The summed E-state index contributed by atoms with van der Waals surface area (Å²) in [5.41, 5.74) is 2.36. The van der Waals surface area contributed by atoms with Gasteiger partial charge in [-0.2, -0.15) is 0 Å². The summed E-state index contributed by atoms with van der Waals surface area (Å²) < 4.78 is 7.50. The minimum atomic E-state index is -0.103. The average Bonchev–Trinajstić information content (AvgIpc) is 2.73. The van der Waals surface area contributed by atoms with E-state index in [9.17, 15) is 0 Å². The van der Waals surface area contributed by atoms with Crippen LogP contribution < -0.4 is 4.74 Å². The van der Waals surface area contributed by atoms with Gasteiger partial charge in [0.2, 0.25) is 0 Å². The molecule has 3 nitrogen and oxygen atoms in total. The fourth-order valence-electron chi connectivity index (χ4n) is 2.24. The molecule has 0 saturated heterocycles. The van der Waals surface area contributed by atoms with Gasteiger partial charge in [0.25, 0.3) is 0 Å². The Kier molecular flexibility index (Phi) is 4.28. The Hall–Kier alpha value is -1.22. The van der Waals surface area contributed by atoms with Crippen LogP contribution in [0.4, 0.5) is 0 Å². The summed E-state index contributed by atoms with van der Waals surface area (Å²) in [4.78, 5) is 4.67. The lowest BCUT2D eigenvalue weighted by molar-refractivity contribution is 0.350. The summed E-state index contributed by atoms with van der Waals surface area (Å²) in [5.74, 6) is 1.76. The molecule has 0 radical (unpaired) electrons. The molecule has 0 aliphatic carbocycles. The monoisotopic (exact) mass is 294 g/mol. The molecule has 1 aromatic heterocycles. The molecule has 4 heteroatoms. The van der Waals surface area contributed by atoms with E-state index in [1.807, 2.05) is 19.1 Å². The predicted octanol–water partition coefficient (Wildman–Crippen LogP) is 4.78. The first-order valence-electron chi connectivity index (χ1n) is 7.00. The van der Waals surface area contributed by atoms with Crippen LogP contribution in [0, 0.1) is 5.41 Å². The quantitative estimate of drug-likeness (QED) is 0.759. The number of halogens is 1. The van der Waals surface area contributed by atoms with Gasteiger partial charge in [0.1, 0.15) is 11.6 Å². The maximum Gasteiger partial charge on any atom is 0.127 e. The van der Waals surface area contributed by atoms with E-state index >= 15 is 0 Å². The lowest BCUT2D eigenvalue weighted by Gasteiger charge is -2.20. The fourth-order valence-corrected chi connectivity index (χ4v) is 2.41. The van der Waals surface area contributed by atoms with Crippen molar-refractivity contribution in [2.24, 2.45) is 5.41 Å². The number of imidazole rings is 1. The number of aromatic nitrogens is 2. The summed E-state index contributed by atoms with van der Waals surface area (Å²) in [5, 5.41) is -0.103. The van der Waals surface area contributed by atoms with Gasteiger partial charge in [0, 0.05) is 12.6 Å². The van der Waals surface area contributed by atoms with E-state index in [-0.39, 0.29) is 10.8 Å². The maximum atomic E-state index is 6.29. The van der Waals surface area contributed by atoms with E-state index in [2.05, 4.69) is 36.4 Å². The highest BCUT2D eigenvalue weighted by Crippen LogP contribution is 2.29. The number of rotatable bonds is 4. The molecular weight excluding hydrogens is 272 g/mol. The van der Waals surface area contributed by atoms with Gasteiger partial charge in [-0.25, -0.2) is 4.98 Å². The van der Waals surface area contributed by atoms with Crippen LogP contribution in [-0.4, -0.2) is 16.7 Å². The second kappa shape index (κ2) is 5.65. The number of nitrogens with zero attached hydrogens (tertiary/aromatic N) is 2. The Morgan fingerprint density at radius 1 is 1.35 bits per heavy atom. The van der Waals surface area contributed by atoms with Crippen LogP contribution >= 0.6 is 11.6 Å². The SMILES string of the molecule is COc1ccc2c(c1)nc(C(C)Cl)n2CCC(C)(C)C. The Labute approximate surface area is 125 Å². The van der Waals surface area contributed by atoms with Crippen LogP contribution in [0.3, 0.4) is 0 Å². The zero-order valence-electron chi connectivity index (χ0n) is 12.9. The summed E-state index contributed by atoms with van der Waals surface area (Å²) >= 11 is 6.29. The van der Waals surface area contributed by atoms with Crippen molar-refractivity contribution in [3.05, 3.63) is 24.0 Å². The van der Waals surface area contributed by atoms with Crippen LogP contribution in [0.2, 0.25) is 0 Å². The number of hydrogen-bond acceptors (Lipinski definition) is 2. The number of hydrogen-bond donors (Lipinski definition) is 0. The largest absolute Gasteiger partial charge is 0.497 e. The molecular formula is C16H23ClN2O.